The fourth-order valence-electron chi connectivity index (χ4n) is 2.88. The number of carboxylic acids is 1. The molecule has 2 rings (SSSR count). The van der Waals surface area contributed by atoms with Crippen molar-refractivity contribution in [2.24, 2.45) is 5.41 Å². The summed E-state index contributed by atoms with van der Waals surface area (Å²) >= 11 is 0. The van der Waals surface area contributed by atoms with E-state index in [9.17, 15) is 14.0 Å². The molecular formula is C16H20FNO3. The van der Waals surface area contributed by atoms with Crippen LogP contribution in [0.25, 0.3) is 0 Å². The molecule has 1 aromatic rings. The molecule has 0 radical (unpaired) electrons. The monoisotopic (exact) mass is 293 g/mol. The lowest BCUT2D eigenvalue weighted by Gasteiger charge is -2.43. The highest BCUT2D eigenvalue weighted by Gasteiger charge is 2.45. The van der Waals surface area contributed by atoms with E-state index in [4.69, 9.17) is 5.11 Å². The zero-order chi connectivity index (χ0) is 15.5. The minimum Gasteiger partial charge on any atom is -0.481 e. The molecule has 0 bridgehead atoms. The van der Waals surface area contributed by atoms with Crippen LogP contribution in [0.3, 0.4) is 0 Å². The van der Waals surface area contributed by atoms with Gasteiger partial charge in [-0.15, -0.1) is 0 Å². The SMILES string of the molecule is CN(CCC(=O)O)C(=O)C1(Cc2cccc(F)c2)CCC1. The number of carbonyl (C=O) groups excluding carboxylic acids is 1. The van der Waals surface area contributed by atoms with Crippen LogP contribution < -0.4 is 0 Å². The number of carbonyl (C=O) groups is 2. The highest BCUT2D eigenvalue weighted by atomic mass is 19.1. The van der Waals surface area contributed by atoms with Crippen LogP contribution in [-0.2, 0) is 16.0 Å². The predicted octanol–water partition coefficient (Wildman–Crippen LogP) is 2.47. The van der Waals surface area contributed by atoms with E-state index in [1.54, 1.807) is 13.1 Å². The van der Waals surface area contributed by atoms with Crippen molar-refractivity contribution in [1.29, 1.82) is 0 Å². The number of carboxylic acid groups (broad SMARTS) is 1. The quantitative estimate of drug-likeness (QED) is 0.876. The molecule has 1 aliphatic rings. The normalized spacial score (nSPS) is 16.1. The molecule has 114 valence electrons. The van der Waals surface area contributed by atoms with Gasteiger partial charge in [0.2, 0.25) is 5.91 Å². The summed E-state index contributed by atoms with van der Waals surface area (Å²) in [6, 6.07) is 6.33. The van der Waals surface area contributed by atoms with Crippen molar-refractivity contribution < 1.29 is 19.1 Å². The Balaban J connectivity index is 2.06. The molecule has 1 fully saturated rings. The standard InChI is InChI=1S/C16H20FNO3/c1-18(9-6-14(19)20)15(21)16(7-3-8-16)11-12-4-2-5-13(17)10-12/h2,4-5,10H,3,6-9,11H2,1H3,(H,19,20). The largest absolute Gasteiger partial charge is 0.481 e. The average Bonchev–Trinajstić information content (AvgIpc) is 2.39. The molecule has 21 heavy (non-hydrogen) atoms. The maximum Gasteiger partial charge on any atom is 0.305 e. The lowest BCUT2D eigenvalue weighted by Crippen LogP contribution is -2.48. The zero-order valence-electron chi connectivity index (χ0n) is 12.1. The van der Waals surface area contributed by atoms with Gasteiger partial charge in [-0.2, -0.15) is 0 Å². The molecule has 1 aromatic carbocycles. The number of benzene rings is 1. The number of nitrogens with zero attached hydrogens (tertiary/aromatic N) is 1. The Morgan fingerprint density at radius 2 is 2.10 bits per heavy atom. The Morgan fingerprint density at radius 3 is 2.62 bits per heavy atom. The third-order valence-corrected chi connectivity index (χ3v) is 4.20. The van der Waals surface area contributed by atoms with Crippen molar-refractivity contribution in [3.63, 3.8) is 0 Å². The summed E-state index contributed by atoms with van der Waals surface area (Å²) in [5.74, 6) is -1.24. The minimum absolute atomic E-state index is 0.0285. The third kappa shape index (κ3) is 3.60. The van der Waals surface area contributed by atoms with Crippen molar-refractivity contribution >= 4 is 11.9 Å². The Kier molecular flexibility index (Phi) is 4.60. The van der Waals surface area contributed by atoms with Gasteiger partial charge >= 0.3 is 5.97 Å². The van der Waals surface area contributed by atoms with Gasteiger partial charge in [0.05, 0.1) is 11.8 Å². The van der Waals surface area contributed by atoms with E-state index in [1.165, 1.54) is 17.0 Å². The first-order chi connectivity index (χ1) is 9.93. The number of hydrogen-bond donors (Lipinski definition) is 1. The summed E-state index contributed by atoms with van der Waals surface area (Å²) in [5.41, 5.74) is 0.329. The van der Waals surface area contributed by atoms with Crippen LogP contribution in [0.4, 0.5) is 4.39 Å². The van der Waals surface area contributed by atoms with Crippen LogP contribution in [0.1, 0.15) is 31.2 Å². The molecule has 0 saturated heterocycles. The number of halogens is 1. The highest BCUT2D eigenvalue weighted by Crippen LogP contribution is 2.45. The van der Waals surface area contributed by atoms with Crippen LogP contribution >= 0.6 is 0 Å². The molecular weight excluding hydrogens is 273 g/mol. The second kappa shape index (κ2) is 6.24. The highest BCUT2D eigenvalue weighted by molar-refractivity contribution is 5.84. The molecule has 1 aliphatic carbocycles. The zero-order valence-corrected chi connectivity index (χ0v) is 12.1. The predicted molar refractivity (Wildman–Crippen MR) is 76.3 cm³/mol. The summed E-state index contributed by atoms with van der Waals surface area (Å²) in [4.78, 5) is 24.7. The lowest BCUT2D eigenvalue weighted by molar-refractivity contribution is -0.147. The van der Waals surface area contributed by atoms with Gasteiger partial charge in [0.1, 0.15) is 5.82 Å². The molecule has 5 heteroatoms. The van der Waals surface area contributed by atoms with Gasteiger partial charge < -0.3 is 10.0 Å². The van der Waals surface area contributed by atoms with Crippen LogP contribution in [0, 0.1) is 11.2 Å². The average molecular weight is 293 g/mol. The summed E-state index contributed by atoms with van der Waals surface area (Å²) in [6.45, 7) is 0.207. The summed E-state index contributed by atoms with van der Waals surface area (Å²) in [5, 5.41) is 8.70. The van der Waals surface area contributed by atoms with Crippen molar-refractivity contribution in [3.8, 4) is 0 Å². The summed E-state index contributed by atoms with van der Waals surface area (Å²) < 4.78 is 13.3. The number of aliphatic carboxylic acids is 1. The van der Waals surface area contributed by atoms with Crippen LogP contribution in [0.5, 0.6) is 0 Å². The van der Waals surface area contributed by atoms with E-state index in [2.05, 4.69) is 0 Å². The maximum absolute atomic E-state index is 13.3. The fraction of sp³-hybridized carbons (Fsp3) is 0.500. The second-order valence-corrected chi connectivity index (χ2v) is 5.81. The van der Waals surface area contributed by atoms with Gasteiger partial charge in [0, 0.05) is 13.6 Å². The van der Waals surface area contributed by atoms with Gasteiger partial charge in [-0.25, -0.2) is 4.39 Å². The Hall–Kier alpha value is -1.91. The number of amides is 1. The first-order valence-electron chi connectivity index (χ1n) is 7.15. The van der Waals surface area contributed by atoms with E-state index in [-0.39, 0.29) is 24.7 Å². The lowest BCUT2D eigenvalue weighted by atomic mass is 9.64. The maximum atomic E-state index is 13.3. The van der Waals surface area contributed by atoms with Crippen molar-refractivity contribution in [3.05, 3.63) is 35.6 Å². The molecule has 1 saturated carbocycles. The Bertz CT molecular complexity index is 540. The van der Waals surface area contributed by atoms with E-state index >= 15 is 0 Å². The van der Waals surface area contributed by atoms with Crippen LogP contribution in [0.15, 0.2) is 24.3 Å². The van der Waals surface area contributed by atoms with Crippen LogP contribution in [0.2, 0.25) is 0 Å². The molecule has 4 nitrogen and oxygen atoms in total. The van der Waals surface area contributed by atoms with Gasteiger partial charge in [0.15, 0.2) is 0 Å². The summed E-state index contributed by atoms with van der Waals surface area (Å²) in [7, 11) is 1.64. The minimum atomic E-state index is -0.914. The number of rotatable bonds is 6. The van der Waals surface area contributed by atoms with Gasteiger partial charge in [-0.3, -0.25) is 9.59 Å². The van der Waals surface area contributed by atoms with E-state index in [1.807, 2.05) is 6.07 Å². The second-order valence-electron chi connectivity index (χ2n) is 5.81. The molecule has 0 heterocycles. The van der Waals surface area contributed by atoms with Crippen molar-refractivity contribution in [2.75, 3.05) is 13.6 Å². The summed E-state index contributed by atoms with van der Waals surface area (Å²) in [6.07, 6.45) is 2.99. The van der Waals surface area contributed by atoms with E-state index in [0.29, 0.717) is 6.42 Å². The first kappa shape index (κ1) is 15.5. The molecule has 0 aromatic heterocycles. The molecule has 0 spiro atoms. The molecule has 1 amide bonds. The van der Waals surface area contributed by atoms with Gasteiger partial charge in [0.25, 0.3) is 0 Å². The molecule has 0 unspecified atom stereocenters. The smallest absolute Gasteiger partial charge is 0.305 e. The van der Waals surface area contributed by atoms with E-state index < -0.39 is 11.4 Å². The van der Waals surface area contributed by atoms with Gasteiger partial charge in [-0.05, 0) is 37.0 Å². The topological polar surface area (TPSA) is 57.6 Å². The van der Waals surface area contributed by atoms with Crippen molar-refractivity contribution in [2.45, 2.75) is 32.1 Å². The number of hydrogen-bond acceptors (Lipinski definition) is 2. The van der Waals surface area contributed by atoms with Crippen molar-refractivity contribution in [1.82, 2.24) is 4.90 Å². The fourth-order valence-corrected chi connectivity index (χ4v) is 2.88. The van der Waals surface area contributed by atoms with Crippen LogP contribution in [-0.4, -0.2) is 35.5 Å². The molecule has 0 atom stereocenters. The van der Waals surface area contributed by atoms with Gasteiger partial charge in [-0.1, -0.05) is 18.6 Å². The first-order valence-corrected chi connectivity index (χ1v) is 7.15. The Labute approximate surface area is 123 Å². The molecule has 1 N–H and O–H groups in total. The third-order valence-electron chi connectivity index (χ3n) is 4.20. The van der Waals surface area contributed by atoms with E-state index in [0.717, 1.165) is 24.8 Å². The molecule has 0 aliphatic heterocycles. The Morgan fingerprint density at radius 1 is 1.38 bits per heavy atom.